The van der Waals surface area contributed by atoms with Crippen LogP contribution in [0.1, 0.15) is 40.5 Å². The molecule has 0 spiro atoms. The molecule has 5 heteroatoms. The molecule has 0 bridgehead atoms. The smallest absolute Gasteiger partial charge is 0.246 e. The van der Waals surface area contributed by atoms with Crippen molar-refractivity contribution < 1.29 is 9.59 Å². The Morgan fingerprint density at radius 1 is 1.47 bits per heavy atom. The lowest BCUT2D eigenvalue weighted by molar-refractivity contribution is -0.150. The third-order valence-electron chi connectivity index (χ3n) is 3.36. The molecule has 0 saturated carbocycles. The van der Waals surface area contributed by atoms with Crippen LogP contribution in [0.2, 0.25) is 0 Å². The van der Waals surface area contributed by atoms with Gasteiger partial charge in [-0.15, -0.1) is 0 Å². The molecule has 0 aliphatic carbocycles. The molecule has 2 unspecified atom stereocenters. The number of nitrogens with one attached hydrogen (secondary N) is 1. The van der Waals surface area contributed by atoms with Crippen LogP contribution in [0.15, 0.2) is 11.1 Å². The number of hydrogen-bond acceptors (Lipinski definition) is 2. The maximum absolute atomic E-state index is 12.5. The van der Waals surface area contributed by atoms with Gasteiger partial charge in [0.2, 0.25) is 11.8 Å². The van der Waals surface area contributed by atoms with Crippen molar-refractivity contribution in [1.29, 1.82) is 0 Å². The second-order valence-electron chi connectivity index (χ2n) is 5.46. The molecule has 0 aromatic carbocycles. The van der Waals surface area contributed by atoms with E-state index in [4.69, 9.17) is 11.6 Å². The number of hydrogen-bond donors (Lipinski definition) is 1. The predicted molar refractivity (Wildman–Crippen MR) is 76.8 cm³/mol. The molecule has 0 radical (unpaired) electrons. The van der Waals surface area contributed by atoms with Gasteiger partial charge in [0.05, 0.1) is 0 Å². The fourth-order valence-corrected chi connectivity index (χ4v) is 2.36. The van der Waals surface area contributed by atoms with E-state index < -0.39 is 6.04 Å². The number of carbonyl (C=O) groups is 2. The maximum Gasteiger partial charge on any atom is 0.246 e. The zero-order valence-corrected chi connectivity index (χ0v) is 12.8. The summed E-state index contributed by atoms with van der Waals surface area (Å²) in [4.78, 5) is 26.3. The van der Waals surface area contributed by atoms with E-state index >= 15 is 0 Å². The monoisotopic (exact) mass is 286 g/mol. The van der Waals surface area contributed by atoms with Gasteiger partial charge in [-0.25, -0.2) is 0 Å². The molecule has 1 saturated heterocycles. The number of amides is 2. The molecule has 2 amide bonds. The van der Waals surface area contributed by atoms with Gasteiger partial charge in [0.15, 0.2) is 0 Å². The summed E-state index contributed by atoms with van der Waals surface area (Å²) in [6, 6.07) is -0.803. The molecular formula is C14H23ClN2O2. The summed E-state index contributed by atoms with van der Waals surface area (Å²) >= 11 is 5.68. The third kappa shape index (κ3) is 3.72. The molecule has 108 valence electrons. The Labute approximate surface area is 120 Å². The van der Waals surface area contributed by atoms with Crippen molar-refractivity contribution in [3.05, 3.63) is 11.1 Å². The van der Waals surface area contributed by atoms with E-state index in [2.05, 4.69) is 5.32 Å². The Balaban J connectivity index is 2.99. The Hall–Kier alpha value is -1.03. The zero-order chi connectivity index (χ0) is 14.6. The molecule has 2 atom stereocenters. The Bertz CT molecular complexity index is 380. The van der Waals surface area contributed by atoms with Crippen LogP contribution in [-0.4, -0.2) is 35.3 Å². The number of rotatable bonds is 5. The van der Waals surface area contributed by atoms with E-state index in [1.54, 1.807) is 4.90 Å². The van der Waals surface area contributed by atoms with Gasteiger partial charge in [-0.3, -0.25) is 9.59 Å². The van der Waals surface area contributed by atoms with E-state index in [1.165, 1.54) is 5.54 Å². The van der Waals surface area contributed by atoms with Crippen LogP contribution >= 0.6 is 11.6 Å². The Morgan fingerprint density at radius 3 is 2.58 bits per heavy atom. The van der Waals surface area contributed by atoms with Crippen LogP contribution in [0, 0.1) is 5.92 Å². The lowest BCUT2D eigenvalue weighted by atomic mass is 9.96. The van der Waals surface area contributed by atoms with E-state index in [-0.39, 0.29) is 23.8 Å². The maximum atomic E-state index is 12.5. The average molecular weight is 287 g/mol. The van der Waals surface area contributed by atoms with Crippen LogP contribution in [0.25, 0.3) is 0 Å². The number of halogens is 1. The van der Waals surface area contributed by atoms with E-state index in [0.29, 0.717) is 13.0 Å². The molecule has 19 heavy (non-hydrogen) atoms. The van der Waals surface area contributed by atoms with Gasteiger partial charge in [-0.2, -0.15) is 0 Å². The van der Waals surface area contributed by atoms with Crippen molar-refractivity contribution in [3.8, 4) is 0 Å². The van der Waals surface area contributed by atoms with E-state index in [0.717, 1.165) is 12.0 Å². The van der Waals surface area contributed by atoms with Gasteiger partial charge in [0, 0.05) is 12.1 Å². The van der Waals surface area contributed by atoms with Crippen LogP contribution in [0.5, 0.6) is 0 Å². The number of piperazine rings is 1. The highest BCUT2D eigenvalue weighted by atomic mass is 35.5. The van der Waals surface area contributed by atoms with Crippen molar-refractivity contribution >= 4 is 23.4 Å². The van der Waals surface area contributed by atoms with Gasteiger partial charge < -0.3 is 10.2 Å². The van der Waals surface area contributed by atoms with Gasteiger partial charge >= 0.3 is 0 Å². The van der Waals surface area contributed by atoms with E-state index in [9.17, 15) is 9.59 Å². The lowest BCUT2D eigenvalue weighted by Gasteiger charge is -2.40. The SMILES string of the molecule is CCCC1C(=O)NC(C(C)C)C(=O)N1CC(C)=CCl. The molecule has 1 rings (SSSR count). The highest BCUT2D eigenvalue weighted by molar-refractivity contribution is 6.25. The first-order chi connectivity index (χ1) is 8.92. The fraction of sp³-hybridized carbons (Fsp3) is 0.714. The van der Waals surface area contributed by atoms with Crippen LogP contribution in [0.4, 0.5) is 0 Å². The molecule has 4 nitrogen and oxygen atoms in total. The normalized spacial score (nSPS) is 24.9. The summed E-state index contributed by atoms with van der Waals surface area (Å²) < 4.78 is 0. The highest BCUT2D eigenvalue weighted by Gasteiger charge is 2.40. The Morgan fingerprint density at radius 2 is 2.11 bits per heavy atom. The summed E-state index contributed by atoms with van der Waals surface area (Å²) in [6.45, 7) is 8.16. The quantitative estimate of drug-likeness (QED) is 0.843. The van der Waals surface area contributed by atoms with Crippen molar-refractivity contribution in [2.75, 3.05) is 6.54 Å². The summed E-state index contributed by atoms with van der Waals surface area (Å²) in [5.74, 6) is 0.0234. The molecule has 1 aliphatic rings. The molecule has 0 aromatic rings. The van der Waals surface area contributed by atoms with Crippen molar-refractivity contribution in [2.45, 2.75) is 52.6 Å². The lowest BCUT2D eigenvalue weighted by Crippen LogP contribution is -2.64. The van der Waals surface area contributed by atoms with Crippen molar-refractivity contribution in [2.24, 2.45) is 5.92 Å². The highest BCUT2D eigenvalue weighted by Crippen LogP contribution is 2.20. The molecule has 0 aromatic heterocycles. The molecule has 1 fully saturated rings. The van der Waals surface area contributed by atoms with Crippen molar-refractivity contribution in [3.63, 3.8) is 0 Å². The van der Waals surface area contributed by atoms with Crippen LogP contribution < -0.4 is 5.32 Å². The van der Waals surface area contributed by atoms with Crippen LogP contribution in [0.3, 0.4) is 0 Å². The minimum atomic E-state index is -0.427. The molecule has 1 aliphatic heterocycles. The molecular weight excluding hydrogens is 264 g/mol. The summed E-state index contributed by atoms with van der Waals surface area (Å²) in [5.41, 5.74) is 2.35. The number of nitrogens with zero attached hydrogens (tertiary/aromatic N) is 1. The molecule has 1 heterocycles. The first-order valence-electron chi connectivity index (χ1n) is 6.79. The second kappa shape index (κ2) is 6.94. The summed E-state index contributed by atoms with van der Waals surface area (Å²) in [5, 5.41) is 2.84. The van der Waals surface area contributed by atoms with Gasteiger partial charge in [0.1, 0.15) is 12.1 Å². The third-order valence-corrected chi connectivity index (χ3v) is 3.73. The topological polar surface area (TPSA) is 49.4 Å². The second-order valence-corrected chi connectivity index (χ2v) is 5.67. The first kappa shape index (κ1) is 16.0. The average Bonchev–Trinajstić information content (AvgIpc) is 2.36. The van der Waals surface area contributed by atoms with E-state index in [1.807, 2.05) is 27.7 Å². The Kier molecular flexibility index (Phi) is 5.85. The minimum absolute atomic E-state index is 0.00841. The zero-order valence-electron chi connectivity index (χ0n) is 12.1. The largest absolute Gasteiger partial charge is 0.342 e. The number of carbonyl (C=O) groups excluding carboxylic acids is 2. The summed E-state index contributed by atoms with van der Waals surface area (Å²) in [6.07, 6.45) is 1.54. The van der Waals surface area contributed by atoms with Crippen molar-refractivity contribution in [1.82, 2.24) is 10.2 Å². The first-order valence-corrected chi connectivity index (χ1v) is 7.22. The van der Waals surface area contributed by atoms with Gasteiger partial charge in [-0.05, 0) is 24.8 Å². The predicted octanol–water partition coefficient (Wildman–Crippen LogP) is 2.28. The minimum Gasteiger partial charge on any atom is -0.342 e. The van der Waals surface area contributed by atoms with Crippen LogP contribution in [-0.2, 0) is 9.59 Å². The fourth-order valence-electron chi connectivity index (χ4n) is 2.29. The van der Waals surface area contributed by atoms with Gasteiger partial charge in [-0.1, -0.05) is 38.8 Å². The summed E-state index contributed by atoms with van der Waals surface area (Å²) in [7, 11) is 0. The molecule has 1 N–H and O–H groups in total. The van der Waals surface area contributed by atoms with Gasteiger partial charge in [0.25, 0.3) is 0 Å². The standard InChI is InChI=1S/C14H23ClN2O2/c1-5-6-11-13(18)16-12(9(2)3)14(19)17(11)8-10(4)7-15/h7,9,11-12H,5-6,8H2,1-4H3,(H,16,18).